The number of halogens is 1. The largest absolute Gasteiger partial charge is 0.506 e. The van der Waals surface area contributed by atoms with Crippen LogP contribution in [0.2, 0.25) is 5.02 Å². The minimum Gasteiger partial charge on any atom is -0.506 e. The van der Waals surface area contributed by atoms with Crippen LogP contribution in [0.1, 0.15) is 18.1 Å². The molecular weight excluding hydrogens is 234 g/mol. The maximum absolute atomic E-state index is 10.6. The molecule has 0 aliphatic carbocycles. The topological polar surface area (TPSA) is 104 Å². The monoisotopic (exact) mass is 245 g/mol. The minimum absolute atomic E-state index is 0.0582. The van der Waals surface area contributed by atoms with Gasteiger partial charge in [0, 0.05) is 0 Å². The van der Waals surface area contributed by atoms with Gasteiger partial charge in [-0.05, 0) is 17.7 Å². The maximum atomic E-state index is 10.6. The zero-order chi connectivity index (χ0) is 12.3. The van der Waals surface area contributed by atoms with E-state index in [9.17, 15) is 15.0 Å². The Morgan fingerprint density at radius 3 is 2.56 bits per heavy atom. The van der Waals surface area contributed by atoms with Crippen molar-refractivity contribution in [2.24, 2.45) is 5.73 Å². The number of nitrogens with two attached hydrogens (primary N) is 1. The van der Waals surface area contributed by atoms with Gasteiger partial charge in [-0.15, -0.1) is 0 Å². The fourth-order valence-corrected chi connectivity index (χ4v) is 1.44. The number of phenolic OH excluding ortho intramolecular Hbond substituents is 1. The van der Waals surface area contributed by atoms with Gasteiger partial charge in [-0.1, -0.05) is 17.7 Å². The quantitative estimate of drug-likeness (QED) is 0.613. The van der Waals surface area contributed by atoms with E-state index in [1.54, 1.807) is 0 Å². The maximum Gasteiger partial charge on any atom is 0.220 e. The lowest BCUT2D eigenvalue weighted by molar-refractivity contribution is -0.121. The Labute approximate surface area is 97.1 Å². The smallest absolute Gasteiger partial charge is 0.220 e. The third-order valence-corrected chi connectivity index (χ3v) is 2.39. The van der Waals surface area contributed by atoms with Crippen LogP contribution in [-0.2, 0) is 4.79 Å². The normalized spacial score (nSPS) is 14.4. The van der Waals surface area contributed by atoms with Crippen LogP contribution in [-0.4, -0.2) is 27.3 Å². The lowest BCUT2D eigenvalue weighted by Gasteiger charge is -2.17. The molecule has 0 saturated carbocycles. The van der Waals surface area contributed by atoms with E-state index in [1.165, 1.54) is 18.2 Å². The van der Waals surface area contributed by atoms with Crippen LogP contribution in [0.5, 0.6) is 5.75 Å². The second-order valence-corrected chi connectivity index (χ2v) is 3.80. The molecule has 16 heavy (non-hydrogen) atoms. The molecule has 88 valence electrons. The van der Waals surface area contributed by atoms with Crippen molar-refractivity contribution in [3.63, 3.8) is 0 Å². The van der Waals surface area contributed by atoms with Crippen molar-refractivity contribution in [1.82, 2.24) is 0 Å². The Bertz CT molecular complexity index is 396. The Morgan fingerprint density at radius 2 is 2.06 bits per heavy atom. The highest BCUT2D eigenvalue weighted by atomic mass is 35.5. The summed E-state index contributed by atoms with van der Waals surface area (Å²) in [5.74, 6) is -0.835. The van der Waals surface area contributed by atoms with Gasteiger partial charge in [0.15, 0.2) is 0 Å². The number of carbonyl (C=O) groups excluding carboxylic acids is 1. The Balaban J connectivity index is 2.83. The molecule has 2 atom stereocenters. The summed E-state index contributed by atoms with van der Waals surface area (Å²) in [7, 11) is 0. The number of aliphatic hydroxyl groups excluding tert-OH is 2. The van der Waals surface area contributed by atoms with Crippen LogP contribution in [0, 0.1) is 0 Å². The van der Waals surface area contributed by atoms with Crippen molar-refractivity contribution < 1.29 is 20.1 Å². The summed E-state index contributed by atoms with van der Waals surface area (Å²) in [4.78, 5) is 10.6. The first-order valence-electron chi connectivity index (χ1n) is 4.54. The molecule has 1 aromatic carbocycles. The summed E-state index contributed by atoms with van der Waals surface area (Å²) < 4.78 is 0. The predicted octanol–water partition coefficient (Wildman–Crippen LogP) is 0.315. The van der Waals surface area contributed by atoms with E-state index in [0.717, 1.165) is 0 Å². The summed E-state index contributed by atoms with van der Waals surface area (Å²) in [5, 5.41) is 28.3. The SMILES string of the molecule is NC(=O)CC(O)C(O)c1ccc(O)c(Cl)c1. The van der Waals surface area contributed by atoms with Crippen LogP contribution < -0.4 is 5.73 Å². The number of benzene rings is 1. The summed E-state index contributed by atoms with van der Waals surface area (Å²) in [6.07, 6.45) is -2.91. The molecule has 0 saturated heterocycles. The molecule has 5 N–H and O–H groups in total. The number of aliphatic hydroxyl groups is 2. The molecule has 0 spiro atoms. The number of aromatic hydroxyl groups is 1. The Morgan fingerprint density at radius 1 is 1.44 bits per heavy atom. The molecule has 1 amide bonds. The fourth-order valence-electron chi connectivity index (χ4n) is 1.25. The molecule has 0 aliphatic heterocycles. The lowest BCUT2D eigenvalue weighted by atomic mass is 10.0. The van der Waals surface area contributed by atoms with Gasteiger partial charge in [-0.2, -0.15) is 0 Å². The molecular formula is C10H12ClNO4. The lowest BCUT2D eigenvalue weighted by Crippen LogP contribution is -2.25. The number of rotatable bonds is 4. The summed E-state index contributed by atoms with van der Waals surface area (Å²) in [6, 6.07) is 4.00. The van der Waals surface area contributed by atoms with Gasteiger partial charge < -0.3 is 21.1 Å². The number of primary amides is 1. The molecule has 0 heterocycles. The van der Waals surface area contributed by atoms with Gasteiger partial charge in [0.25, 0.3) is 0 Å². The summed E-state index contributed by atoms with van der Waals surface area (Å²) in [5.41, 5.74) is 5.19. The second-order valence-electron chi connectivity index (χ2n) is 3.39. The highest BCUT2D eigenvalue weighted by Crippen LogP contribution is 2.28. The van der Waals surface area contributed by atoms with Crippen molar-refractivity contribution in [1.29, 1.82) is 0 Å². The molecule has 2 unspecified atom stereocenters. The van der Waals surface area contributed by atoms with Gasteiger partial charge in [0.1, 0.15) is 11.9 Å². The molecule has 0 aromatic heterocycles. The van der Waals surface area contributed by atoms with E-state index in [0.29, 0.717) is 5.56 Å². The van der Waals surface area contributed by atoms with Crippen LogP contribution in [0.3, 0.4) is 0 Å². The average Bonchev–Trinajstić information content (AvgIpc) is 2.20. The fraction of sp³-hybridized carbons (Fsp3) is 0.300. The molecule has 6 heteroatoms. The van der Waals surface area contributed by atoms with E-state index in [2.05, 4.69) is 0 Å². The van der Waals surface area contributed by atoms with E-state index in [4.69, 9.17) is 22.4 Å². The Kier molecular flexibility index (Phi) is 4.12. The minimum atomic E-state index is -1.29. The summed E-state index contributed by atoms with van der Waals surface area (Å²) >= 11 is 5.63. The molecule has 0 bridgehead atoms. The van der Waals surface area contributed by atoms with Gasteiger partial charge in [-0.3, -0.25) is 4.79 Å². The van der Waals surface area contributed by atoms with E-state index in [1.807, 2.05) is 0 Å². The predicted molar refractivity (Wildman–Crippen MR) is 57.9 cm³/mol. The molecule has 0 fully saturated rings. The standard InChI is InChI=1S/C10H12ClNO4/c11-6-3-5(1-2-7(6)13)10(16)8(14)4-9(12)15/h1-3,8,10,13-14,16H,4H2,(H2,12,15). The average molecular weight is 246 g/mol. The number of carbonyl (C=O) groups is 1. The number of phenols is 1. The van der Waals surface area contributed by atoms with E-state index < -0.39 is 18.1 Å². The van der Waals surface area contributed by atoms with Gasteiger partial charge in [0.05, 0.1) is 17.5 Å². The molecule has 5 nitrogen and oxygen atoms in total. The first-order chi connectivity index (χ1) is 7.41. The number of hydrogen-bond donors (Lipinski definition) is 4. The third-order valence-electron chi connectivity index (χ3n) is 2.09. The third kappa shape index (κ3) is 3.10. The first-order valence-corrected chi connectivity index (χ1v) is 4.92. The van der Waals surface area contributed by atoms with Crippen LogP contribution >= 0.6 is 11.6 Å². The van der Waals surface area contributed by atoms with Crippen molar-refractivity contribution in [2.75, 3.05) is 0 Å². The van der Waals surface area contributed by atoms with Crippen LogP contribution in [0.15, 0.2) is 18.2 Å². The van der Waals surface area contributed by atoms with Crippen LogP contribution in [0.25, 0.3) is 0 Å². The van der Waals surface area contributed by atoms with E-state index in [-0.39, 0.29) is 17.2 Å². The second kappa shape index (κ2) is 5.16. The van der Waals surface area contributed by atoms with Crippen molar-refractivity contribution >= 4 is 17.5 Å². The molecule has 0 radical (unpaired) electrons. The molecule has 0 aliphatic rings. The number of amides is 1. The van der Waals surface area contributed by atoms with Gasteiger partial charge >= 0.3 is 0 Å². The summed E-state index contributed by atoms with van der Waals surface area (Å²) in [6.45, 7) is 0. The highest BCUT2D eigenvalue weighted by molar-refractivity contribution is 6.32. The van der Waals surface area contributed by atoms with Crippen molar-refractivity contribution in [3.8, 4) is 5.75 Å². The number of hydrogen-bond acceptors (Lipinski definition) is 4. The molecule has 1 rings (SSSR count). The highest BCUT2D eigenvalue weighted by Gasteiger charge is 2.20. The first kappa shape index (κ1) is 12.8. The van der Waals surface area contributed by atoms with Gasteiger partial charge in [-0.25, -0.2) is 0 Å². The van der Waals surface area contributed by atoms with E-state index >= 15 is 0 Å². The van der Waals surface area contributed by atoms with Gasteiger partial charge in [0.2, 0.25) is 5.91 Å². The zero-order valence-electron chi connectivity index (χ0n) is 8.30. The zero-order valence-corrected chi connectivity index (χ0v) is 9.05. The molecule has 1 aromatic rings. The van der Waals surface area contributed by atoms with Crippen molar-refractivity contribution in [2.45, 2.75) is 18.6 Å². The van der Waals surface area contributed by atoms with Crippen LogP contribution in [0.4, 0.5) is 0 Å². The Hall–Kier alpha value is -1.30. The van der Waals surface area contributed by atoms with Crippen molar-refractivity contribution in [3.05, 3.63) is 28.8 Å².